The summed E-state index contributed by atoms with van der Waals surface area (Å²) in [6.45, 7) is 0. The van der Waals surface area contributed by atoms with Gasteiger partial charge in [-0.25, -0.2) is 0 Å². The number of benzene rings is 1. The number of hydrogen-bond donors (Lipinski definition) is 2. The normalized spacial score (nSPS) is 9.11. The molecule has 0 atom stereocenters. The Morgan fingerprint density at radius 1 is 1.06 bits per heavy atom. The summed E-state index contributed by atoms with van der Waals surface area (Å²) in [6.07, 6.45) is 3.09. The smallest absolute Gasteiger partial charge is 0.872 e. The number of amides is 1. The number of nitrogens with one attached hydrogen (secondary N) is 2. The molecule has 0 bridgehead atoms. The summed E-state index contributed by atoms with van der Waals surface area (Å²) >= 11 is 0. The third-order valence-electron chi connectivity index (χ3n) is 2.12. The van der Waals surface area contributed by atoms with Crippen molar-refractivity contribution in [2.24, 2.45) is 0 Å². The standard InChI is InChI=1S/C12H11N3O2.Na/c16-11-3-1-10(2-4-11)14-15-12(17)9-5-7-13-8-6-9;/h1-8,14,16H,(H,15,17);/q;+1/p-1. The molecule has 2 rings (SSSR count). The maximum atomic E-state index is 11.6. The van der Waals surface area contributed by atoms with Gasteiger partial charge in [-0.1, -0.05) is 12.1 Å². The van der Waals surface area contributed by atoms with E-state index >= 15 is 0 Å². The third-order valence-corrected chi connectivity index (χ3v) is 2.12. The van der Waals surface area contributed by atoms with Crippen LogP contribution in [-0.4, -0.2) is 10.9 Å². The molecule has 0 unspecified atom stereocenters. The van der Waals surface area contributed by atoms with Gasteiger partial charge in [-0.15, -0.1) is 5.75 Å². The fourth-order valence-electron chi connectivity index (χ4n) is 1.24. The van der Waals surface area contributed by atoms with Crippen molar-refractivity contribution in [3.05, 3.63) is 54.4 Å². The second-order valence-corrected chi connectivity index (χ2v) is 3.34. The summed E-state index contributed by atoms with van der Waals surface area (Å²) in [5.41, 5.74) is 6.38. The van der Waals surface area contributed by atoms with Crippen molar-refractivity contribution in [2.75, 3.05) is 5.43 Å². The maximum absolute atomic E-state index is 11.6. The van der Waals surface area contributed by atoms with Gasteiger partial charge >= 0.3 is 29.6 Å². The summed E-state index contributed by atoms with van der Waals surface area (Å²) in [6, 6.07) is 9.24. The van der Waals surface area contributed by atoms with Crippen molar-refractivity contribution >= 4 is 11.6 Å². The average Bonchev–Trinajstić information content (AvgIpc) is 2.39. The molecule has 5 nitrogen and oxygen atoms in total. The number of nitrogens with zero attached hydrogens (tertiary/aromatic N) is 1. The van der Waals surface area contributed by atoms with Crippen LogP contribution in [0.5, 0.6) is 5.75 Å². The van der Waals surface area contributed by atoms with Crippen molar-refractivity contribution < 1.29 is 39.5 Å². The molecular formula is C12H10N3NaO2. The Bertz CT molecular complexity index is 502. The molecule has 2 aromatic rings. The fraction of sp³-hybridized carbons (Fsp3) is 0. The van der Waals surface area contributed by atoms with E-state index in [0.29, 0.717) is 11.3 Å². The molecule has 1 aromatic heterocycles. The predicted octanol–water partition coefficient (Wildman–Crippen LogP) is -2.08. The Kier molecular flexibility index (Phi) is 5.64. The molecule has 0 saturated heterocycles. The number of carbonyl (C=O) groups is 1. The summed E-state index contributed by atoms with van der Waals surface area (Å²) in [5, 5.41) is 10.9. The zero-order chi connectivity index (χ0) is 12.1. The first-order valence-electron chi connectivity index (χ1n) is 4.99. The van der Waals surface area contributed by atoms with Gasteiger partial charge in [0.25, 0.3) is 5.91 Å². The van der Waals surface area contributed by atoms with Crippen molar-refractivity contribution in [1.29, 1.82) is 0 Å². The van der Waals surface area contributed by atoms with Crippen LogP contribution in [-0.2, 0) is 0 Å². The number of hydrogen-bond acceptors (Lipinski definition) is 4. The van der Waals surface area contributed by atoms with Crippen LogP contribution in [0.2, 0.25) is 0 Å². The van der Waals surface area contributed by atoms with Crippen molar-refractivity contribution in [3.63, 3.8) is 0 Å². The number of anilines is 1. The van der Waals surface area contributed by atoms with E-state index in [4.69, 9.17) is 0 Å². The topological polar surface area (TPSA) is 77.1 Å². The van der Waals surface area contributed by atoms with Gasteiger partial charge in [-0.3, -0.25) is 20.6 Å². The molecule has 2 N–H and O–H groups in total. The number of rotatable bonds is 3. The first-order valence-corrected chi connectivity index (χ1v) is 4.99. The first-order chi connectivity index (χ1) is 8.25. The zero-order valence-electron chi connectivity index (χ0n) is 9.88. The quantitative estimate of drug-likeness (QED) is 0.485. The summed E-state index contributed by atoms with van der Waals surface area (Å²) in [7, 11) is 0. The number of hydrazine groups is 1. The Morgan fingerprint density at radius 3 is 2.28 bits per heavy atom. The van der Waals surface area contributed by atoms with Gasteiger partial charge in [0.1, 0.15) is 0 Å². The van der Waals surface area contributed by atoms with E-state index in [2.05, 4.69) is 15.8 Å². The van der Waals surface area contributed by atoms with E-state index in [1.54, 1.807) is 36.7 Å². The van der Waals surface area contributed by atoms with Gasteiger partial charge in [0.2, 0.25) is 0 Å². The Balaban J connectivity index is 0.00000162. The Labute approximate surface area is 127 Å². The van der Waals surface area contributed by atoms with E-state index in [1.165, 1.54) is 12.1 Å². The van der Waals surface area contributed by atoms with Crippen LogP contribution in [0.4, 0.5) is 5.69 Å². The molecule has 0 saturated carbocycles. The molecule has 0 aliphatic heterocycles. The summed E-state index contributed by atoms with van der Waals surface area (Å²) in [4.78, 5) is 15.4. The molecule has 0 radical (unpaired) electrons. The largest absolute Gasteiger partial charge is 1.00 e. The minimum atomic E-state index is -0.265. The molecule has 86 valence electrons. The molecule has 0 spiro atoms. The van der Waals surface area contributed by atoms with E-state index < -0.39 is 0 Å². The Morgan fingerprint density at radius 2 is 1.67 bits per heavy atom. The van der Waals surface area contributed by atoms with Crippen LogP contribution in [0.25, 0.3) is 0 Å². The number of aromatic nitrogens is 1. The number of carbonyl (C=O) groups excluding carboxylic acids is 1. The van der Waals surface area contributed by atoms with Gasteiger partial charge in [0, 0.05) is 18.0 Å². The van der Waals surface area contributed by atoms with Gasteiger partial charge in [-0.05, 0) is 24.3 Å². The second-order valence-electron chi connectivity index (χ2n) is 3.34. The van der Waals surface area contributed by atoms with E-state index in [9.17, 15) is 9.90 Å². The maximum Gasteiger partial charge on any atom is 1.00 e. The number of pyridine rings is 1. The molecule has 0 fully saturated rings. The van der Waals surface area contributed by atoms with Crippen molar-refractivity contribution in [2.45, 2.75) is 0 Å². The summed E-state index contributed by atoms with van der Waals surface area (Å²) in [5.74, 6) is -0.338. The molecule has 6 heteroatoms. The fourth-order valence-corrected chi connectivity index (χ4v) is 1.24. The Hall–Kier alpha value is -1.56. The molecule has 1 aromatic carbocycles. The van der Waals surface area contributed by atoms with E-state index in [0.717, 1.165) is 0 Å². The van der Waals surface area contributed by atoms with Crippen LogP contribution in [0.15, 0.2) is 48.8 Å². The molecule has 0 aliphatic carbocycles. The van der Waals surface area contributed by atoms with E-state index in [-0.39, 0.29) is 41.2 Å². The van der Waals surface area contributed by atoms with Crippen molar-refractivity contribution in [3.8, 4) is 5.75 Å². The van der Waals surface area contributed by atoms with Crippen molar-refractivity contribution in [1.82, 2.24) is 10.4 Å². The van der Waals surface area contributed by atoms with Gasteiger partial charge in [0.05, 0.1) is 5.69 Å². The second kappa shape index (κ2) is 7.00. The van der Waals surface area contributed by atoms with Gasteiger partial charge < -0.3 is 5.11 Å². The van der Waals surface area contributed by atoms with E-state index in [1.807, 2.05) is 0 Å². The average molecular weight is 251 g/mol. The molecule has 0 aliphatic rings. The molecular weight excluding hydrogens is 241 g/mol. The van der Waals surface area contributed by atoms with Crippen LogP contribution in [0, 0.1) is 0 Å². The predicted molar refractivity (Wildman–Crippen MR) is 61.2 cm³/mol. The monoisotopic (exact) mass is 251 g/mol. The van der Waals surface area contributed by atoms with Gasteiger partial charge in [0.15, 0.2) is 0 Å². The van der Waals surface area contributed by atoms with Crippen LogP contribution in [0.3, 0.4) is 0 Å². The summed E-state index contributed by atoms with van der Waals surface area (Å²) < 4.78 is 0. The zero-order valence-corrected chi connectivity index (χ0v) is 11.9. The minimum Gasteiger partial charge on any atom is -0.872 e. The minimum absolute atomic E-state index is 0. The third kappa shape index (κ3) is 4.03. The van der Waals surface area contributed by atoms with Crippen LogP contribution >= 0.6 is 0 Å². The van der Waals surface area contributed by atoms with Crippen LogP contribution < -0.4 is 45.5 Å². The van der Waals surface area contributed by atoms with Crippen LogP contribution in [0.1, 0.15) is 10.4 Å². The molecule has 1 heterocycles. The first kappa shape index (κ1) is 14.5. The molecule has 18 heavy (non-hydrogen) atoms. The SMILES string of the molecule is O=C(NNc1ccc([O-])cc1)c1ccncc1.[Na+]. The molecule has 1 amide bonds. The van der Waals surface area contributed by atoms with Gasteiger partial charge in [-0.2, -0.15) is 0 Å².